The van der Waals surface area contributed by atoms with Gasteiger partial charge < -0.3 is 9.31 Å². The molecule has 2 aromatic carbocycles. The zero-order valence-electron chi connectivity index (χ0n) is 15.6. The van der Waals surface area contributed by atoms with Crippen LogP contribution in [0, 0.1) is 0 Å². The summed E-state index contributed by atoms with van der Waals surface area (Å²) in [6, 6.07) is 19.4. The van der Waals surface area contributed by atoms with E-state index < -0.39 is 8.07 Å². The molecule has 126 valence electrons. The molecule has 0 bridgehead atoms. The lowest BCUT2D eigenvalue weighted by atomic mass is 9.79. The number of hydrogen-bond acceptors (Lipinski definition) is 2. The predicted molar refractivity (Wildman–Crippen MR) is 105 cm³/mol. The van der Waals surface area contributed by atoms with Crippen LogP contribution in [0.1, 0.15) is 27.7 Å². The number of benzene rings is 2. The summed E-state index contributed by atoms with van der Waals surface area (Å²) in [5.41, 5.74) is 0.545. The predicted octanol–water partition coefficient (Wildman–Crippen LogP) is 2.81. The molecule has 2 aromatic rings. The van der Waals surface area contributed by atoms with Crippen molar-refractivity contribution in [1.82, 2.24) is 0 Å². The van der Waals surface area contributed by atoms with Crippen LogP contribution in [0.3, 0.4) is 0 Å². The van der Waals surface area contributed by atoms with E-state index in [4.69, 9.17) is 9.31 Å². The van der Waals surface area contributed by atoms with Crippen molar-refractivity contribution in [2.45, 2.75) is 52.0 Å². The Bertz CT molecular complexity index is 709. The van der Waals surface area contributed by atoms with Gasteiger partial charge in [-0.2, -0.15) is 0 Å². The summed E-state index contributed by atoms with van der Waals surface area (Å²) in [6.45, 7) is 13.2. The van der Waals surface area contributed by atoms with Gasteiger partial charge in [-0.3, -0.25) is 0 Å². The minimum absolute atomic E-state index is 0.304. The van der Waals surface area contributed by atoms with Crippen molar-refractivity contribution in [2.75, 3.05) is 0 Å². The average molecular weight is 338 g/mol. The second-order valence-corrected chi connectivity index (χ2v) is 12.5. The maximum Gasteiger partial charge on any atom is 0.494 e. The molecule has 0 amide bonds. The molecule has 1 aliphatic rings. The largest absolute Gasteiger partial charge is 0.494 e. The molecule has 2 nitrogen and oxygen atoms in total. The Balaban J connectivity index is 2.04. The molecule has 0 unspecified atom stereocenters. The van der Waals surface area contributed by atoms with Crippen LogP contribution in [0.5, 0.6) is 0 Å². The highest BCUT2D eigenvalue weighted by Crippen LogP contribution is 2.36. The van der Waals surface area contributed by atoms with Crippen molar-refractivity contribution in [1.29, 1.82) is 0 Å². The van der Waals surface area contributed by atoms with Crippen molar-refractivity contribution in [3.05, 3.63) is 54.6 Å². The van der Waals surface area contributed by atoms with Crippen LogP contribution in [0.15, 0.2) is 54.6 Å². The van der Waals surface area contributed by atoms with E-state index in [-0.39, 0.29) is 18.3 Å². The van der Waals surface area contributed by atoms with Crippen LogP contribution in [0.25, 0.3) is 0 Å². The highest BCUT2D eigenvalue weighted by atomic mass is 28.3. The topological polar surface area (TPSA) is 18.5 Å². The van der Waals surface area contributed by atoms with Crippen molar-refractivity contribution in [2.24, 2.45) is 0 Å². The molecule has 3 rings (SSSR count). The second-order valence-electron chi connectivity index (χ2n) is 8.17. The zero-order chi connectivity index (χ0) is 17.6. The third-order valence-electron chi connectivity index (χ3n) is 5.64. The molecule has 1 fully saturated rings. The molecular formula is C20H27BO2Si. The Hall–Kier alpha value is -1.36. The summed E-state index contributed by atoms with van der Waals surface area (Å²) in [6.07, 6.45) is 0. The molecule has 0 saturated carbocycles. The van der Waals surface area contributed by atoms with Crippen LogP contribution >= 0.6 is 0 Å². The molecule has 0 aromatic heterocycles. The number of rotatable bonds is 3. The highest BCUT2D eigenvalue weighted by molar-refractivity contribution is 7.02. The molecule has 1 heterocycles. The van der Waals surface area contributed by atoms with Gasteiger partial charge in [0, 0.05) is 0 Å². The van der Waals surface area contributed by atoms with Gasteiger partial charge >= 0.3 is 7.12 Å². The smallest absolute Gasteiger partial charge is 0.399 e. The molecule has 1 aliphatic heterocycles. The van der Waals surface area contributed by atoms with E-state index in [0.717, 1.165) is 0 Å². The second kappa shape index (κ2) is 5.87. The standard InChI is InChI=1S/C20H27BO2Si/c1-19(2)20(3,4)23-21(22-19)17-14-10-11-15-18(17)24(5,6)16-12-8-7-9-13-16/h7-15H,1-6H3. The van der Waals surface area contributed by atoms with E-state index >= 15 is 0 Å². The first-order valence-corrected chi connectivity index (χ1v) is 11.7. The van der Waals surface area contributed by atoms with Crippen LogP contribution in [0.4, 0.5) is 0 Å². The quantitative estimate of drug-likeness (QED) is 0.802. The fourth-order valence-corrected chi connectivity index (χ4v) is 6.02. The lowest BCUT2D eigenvalue weighted by Crippen LogP contribution is -2.61. The molecule has 0 N–H and O–H groups in total. The van der Waals surface area contributed by atoms with Crippen LogP contribution in [-0.2, 0) is 9.31 Å². The minimum atomic E-state index is -1.82. The molecule has 0 aliphatic carbocycles. The fraction of sp³-hybridized carbons (Fsp3) is 0.400. The fourth-order valence-electron chi connectivity index (χ4n) is 3.25. The van der Waals surface area contributed by atoms with E-state index in [1.165, 1.54) is 15.8 Å². The summed E-state index contributed by atoms with van der Waals surface area (Å²) in [4.78, 5) is 0. The first-order valence-electron chi connectivity index (χ1n) is 8.66. The Morgan fingerprint density at radius 2 is 1.25 bits per heavy atom. The lowest BCUT2D eigenvalue weighted by Gasteiger charge is -2.32. The molecule has 4 heteroatoms. The van der Waals surface area contributed by atoms with Crippen LogP contribution in [-0.4, -0.2) is 26.4 Å². The van der Waals surface area contributed by atoms with E-state index in [2.05, 4.69) is 95.4 Å². The maximum atomic E-state index is 6.32. The van der Waals surface area contributed by atoms with Gasteiger partial charge in [0.1, 0.15) is 8.07 Å². The maximum absolute atomic E-state index is 6.32. The Labute approximate surface area is 147 Å². The average Bonchev–Trinajstić information content (AvgIpc) is 2.76. The van der Waals surface area contributed by atoms with Gasteiger partial charge in [0.2, 0.25) is 0 Å². The Kier molecular flexibility index (Phi) is 4.27. The summed E-state index contributed by atoms with van der Waals surface area (Å²) in [5.74, 6) is 0. The van der Waals surface area contributed by atoms with E-state index in [1.54, 1.807) is 0 Å². The first kappa shape index (κ1) is 17.5. The molecular weight excluding hydrogens is 311 g/mol. The van der Waals surface area contributed by atoms with E-state index in [9.17, 15) is 0 Å². The van der Waals surface area contributed by atoms with Gasteiger partial charge in [-0.05, 0) is 33.2 Å². The van der Waals surface area contributed by atoms with E-state index in [0.29, 0.717) is 0 Å². The summed E-state index contributed by atoms with van der Waals surface area (Å²) < 4.78 is 12.6. The van der Waals surface area contributed by atoms with Gasteiger partial charge in [-0.1, -0.05) is 78.1 Å². The third-order valence-corrected chi connectivity index (χ3v) is 9.22. The van der Waals surface area contributed by atoms with Crippen molar-refractivity contribution in [3.8, 4) is 0 Å². The van der Waals surface area contributed by atoms with Crippen molar-refractivity contribution < 1.29 is 9.31 Å². The minimum Gasteiger partial charge on any atom is -0.399 e. The van der Waals surface area contributed by atoms with Gasteiger partial charge in [0.15, 0.2) is 0 Å². The van der Waals surface area contributed by atoms with Crippen LogP contribution in [0.2, 0.25) is 13.1 Å². The Morgan fingerprint density at radius 1 is 0.750 bits per heavy atom. The molecule has 0 spiro atoms. The molecule has 0 radical (unpaired) electrons. The van der Waals surface area contributed by atoms with Gasteiger partial charge in [-0.25, -0.2) is 0 Å². The SMILES string of the molecule is CC1(C)OB(c2ccccc2[Si](C)(C)c2ccccc2)OC1(C)C. The first-order chi connectivity index (χ1) is 11.2. The number of hydrogen-bond donors (Lipinski definition) is 0. The summed E-state index contributed by atoms with van der Waals surface area (Å²) in [5, 5.41) is 2.81. The Morgan fingerprint density at radius 3 is 1.83 bits per heavy atom. The van der Waals surface area contributed by atoms with E-state index in [1.807, 2.05) is 0 Å². The lowest BCUT2D eigenvalue weighted by molar-refractivity contribution is 0.00578. The molecule has 0 atom stereocenters. The van der Waals surface area contributed by atoms with Crippen molar-refractivity contribution >= 4 is 31.0 Å². The normalized spacial score (nSPS) is 19.5. The highest BCUT2D eigenvalue weighted by Gasteiger charge is 2.52. The van der Waals surface area contributed by atoms with Crippen molar-refractivity contribution in [3.63, 3.8) is 0 Å². The molecule has 1 saturated heterocycles. The van der Waals surface area contributed by atoms with Gasteiger partial charge in [0.25, 0.3) is 0 Å². The van der Waals surface area contributed by atoms with Gasteiger partial charge in [-0.15, -0.1) is 0 Å². The summed E-state index contributed by atoms with van der Waals surface area (Å²) >= 11 is 0. The van der Waals surface area contributed by atoms with Gasteiger partial charge in [0.05, 0.1) is 11.2 Å². The third kappa shape index (κ3) is 2.87. The molecule has 24 heavy (non-hydrogen) atoms. The summed E-state index contributed by atoms with van der Waals surface area (Å²) in [7, 11) is -2.12. The zero-order valence-corrected chi connectivity index (χ0v) is 16.6. The monoisotopic (exact) mass is 338 g/mol. The van der Waals surface area contributed by atoms with Crippen LogP contribution < -0.4 is 15.8 Å².